The Labute approximate surface area is 129 Å². The highest BCUT2D eigenvalue weighted by atomic mass is 35.5. The molecule has 0 aliphatic rings. The molecule has 0 saturated carbocycles. The van der Waals surface area contributed by atoms with Crippen LogP contribution in [-0.4, -0.2) is 11.3 Å². The van der Waals surface area contributed by atoms with E-state index in [0.717, 1.165) is 6.16 Å². The van der Waals surface area contributed by atoms with Crippen LogP contribution >= 0.6 is 20.1 Å². The van der Waals surface area contributed by atoms with E-state index >= 15 is 0 Å². The second-order valence-electron chi connectivity index (χ2n) is 5.11. The van der Waals surface area contributed by atoms with Crippen molar-refractivity contribution >= 4 is 20.1 Å². The van der Waals surface area contributed by atoms with Crippen molar-refractivity contribution in [3.63, 3.8) is 0 Å². The standard InChI is InChI=1S/C10H21OP.C6H5ClO/c1-4-7-8-10(5-2,6-3)9-12-11;7-5-1-3-6(8)4-2-5/h4-9H2,1-3H3;1-4,8H/p+1. The zero-order chi connectivity index (χ0) is 15.4. The van der Waals surface area contributed by atoms with Crippen LogP contribution < -0.4 is 0 Å². The quantitative estimate of drug-likeness (QED) is 0.621. The smallest absolute Gasteiger partial charge is 0.325 e. The summed E-state index contributed by atoms with van der Waals surface area (Å²) in [5.74, 6) is 0.245. The predicted octanol–water partition coefficient (Wildman–Crippen LogP) is 6.05. The topological polar surface area (TPSA) is 37.3 Å². The molecule has 0 fully saturated rings. The molecule has 0 aromatic heterocycles. The fraction of sp³-hybridized carbons (Fsp3) is 0.625. The summed E-state index contributed by atoms with van der Waals surface area (Å²) < 4.78 is 10.7. The van der Waals surface area contributed by atoms with Gasteiger partial charge in [0.2, 0.25) is 0 Å². The third kappa shape index (κ3) is 7.87. The third-order valence-corrected chi connectivity index (χ3v) is 4.98. The number of halogens is 1. The first-order chi connectivity index (χ1) is 9.53. The Morgan fingerprint density at radius 2 is 1.70 bits per heavy atom. The van der Waals surface area contributed by atoms with Gasteiger partial charge in [-0.3, -0.25) is 0 Å². The zero-order valence-electron chi connectivity index (χ0n) is 12.8. The van der Waals surface area contributed by atoms with E-state index < -0.39 is 0 Å². The van der Waals surface area contributed by atoms with Crippen molar-refractivity contribution in [1.29, 1.82) is 0 Å². The van der Waals surface area contributed by atoms with Crippen LogP contribution in [-0.2, 0) is 4.57 Å². The molecule has 0 aliphatic heterocycles. The molecule has 1 N–H and O–H groups in total. The molecule has 2 nitrogen and oxygen atoms in total. The van der Waals surface area contributed by atoms with E-state index in [9.17, 15) is 4.57 Å². The number of hydrogen-bond acceptors (Lipinski definition) is 2. The number of hydrogen-bond donors (Lipinski definition) is 1. The van der Waals surface area contributed by atoms with Gasteiger partial charge in [0.15, 0.2) is 0 Å². The van der Waals surface area contributed by atoms with Crippen LogP contribution in [0.25, 0.3) is 0 Å². The summed E-state index contributed by atoms with van der Waals surface area (Å²) in [5, 5.41) is 9.34. The number of rotatable bonds is 7. The summed E-state index contributed by atoms with van der Waals surface area (Å²) >= 11 is 5.50. The van der Waals surface area contributed by atoms with E-state index in [0.29, 0.717) is 10.4 Å². The monoisotopic (exact) mass is 317 g/mol. The molecule has 0 spiro atoms. The number of aromatic hydroxyl groups is 1. The highest BCUT2D eigenvalue weighted by Crippen LogP contribution is 2.35. The van der Waals surface area contributed by atoms with Crippen LogP contribution in [0.15, 0.2) is 24.3 Å². The SMILES string of the molecule is CCCCC(CC)(CC)C[PH+]=O.Oc1ccc(Cl)cc1. The van der Waals surface area contributed by atoms with E-state index in [4.69, 9.17) is 16.7 Å². The summed E-state index contributed by atoms with van der Waals surface area (Å²) in [4.78, 5) is 0. The van der Waals surface area contributed by atoms with Gasteiger partial charge in [0.05, 0.1) is 0 Å². The second-order valence-corrected chi connectivity index (χ2v) is 6.19. The van der Waals surface area contributed by atoms with Gasteiger partial charge < -0.3 is 5.11 Å². The Hall–Kier alpha value is -0.590. The molecule has 0 saturated heterocycles. The largest absolute Gasteiger partial charge is 0.508 e. The van der Waals surface area contributed by atoms with Crippen LogP contribution in [0.5, 0.6) is 5.75 Å². The molecule has 1 unspecified atom stereocenters. The van der Waals surface area contributed by atoms with Gasteiger partial charge in [-0.2, -0.15) is 0 Å². The van der Waals surface area contributed by atoms with Crippen molar-refractivity contribution < 1.29 is 9.67 Å². The van der Waals surface area contributed by atoms with Gasteiger partial charge in [0, 0.05) is 10.4 Å². The molecular weight excluding hydrogens is 291 g/mol. The van der Waals surface area contributed by atoms with Crippen molar-refractivity contribution in [2.75, 3.05) is 6.16 Å². The second kappa shape index (κ2) is 11.1. The Morgan fingerprint density at radius 1 is 1.15 bits per heavy atom. The molecule has 0 radical (unpaired) electrons. The maximum Gasteiger partial charge on any atom is 0.325 e. The Kier molecular flexibility index (Phi) is 10.8. The molecule has 0 bridgehead atoms. The fourth-order valence-electron chi connectivity index (χ4n) is 2.09. The van der Waals surface area contributed by atoms with Gasteiger partial charge in [-0.05, 0) is 43.5 Å². The minimum absolute atomic E-state index is 0.116. The Bertz CT molecular complexity index is 340. The summed E-state index contributed by atoms with van der Waals surface area (Å²) in [6.07, 6.45) is 7.05. The number of phenols is 1. The highest BCUT2D eigenvalue weighted by Gasteiger charge is 2.28. The van der Waals surface area contributed by atoms with Gasteiger partial charge in [-0.1, -0.05) is 49.8 Å². The molecule has 1 atom stereocenters. The summed E-state index contributed by atoms with van der Waals surface area (Å²) in [6.45, 7) is 6.66. The van der Waals surface area contributed by atoms with Crippen molar-refractivity contribution in [2.24, 2.45) is 5.41 Å². The van der Waals surface area contributed by atoms with E-state index in [1.54, 1.807) is 24.3 Å². The molecule has 0 heterocycles. The maximum absolute atomic E-state index is 10.7. The predicted molar refractivity (Wildman–Crippen MR) is 89.5 cm³/mol. The van der Waals surface area contributed by atoms with E-state index in [1.807, 2.05) is 0 Å². The molecule has 20 heavy (non-hydrogen) atoms. The third-order valence-electron chi connectivity index (χ3n) is 3.83. The van der Waals surface area contributed by atoms with Crippen LogP contribution in [0, 0.1) is 5.41 Å². The number of benzene rings is 1. The van der Waals surface area contributed by atoms with E-state index in [2.05, 4.69) is 20.8 Å². The Balaban J connectivity index is 0.000000388. The van der Waals surface area contributed by atoms with Gasteiger partial charge in [-0.25, -0.2) is 0 Å². The average molecular weight is 318 g/mol. The van der Waals surface area contributed by atoms with Crippen LogP contribution in [0.3, 0.4) is 0 Å². The van der Waals surface area contributed by atoms with Crippen molar-refractivity contribution in [2.45, 2.75) is 52.9 Å². The van der Waals surface area contributed by atoms with Crippen LogP contribution in [0.4, 0.5) is 0 Å². The minimum atomic E-state index is -0.116. The van der Waals surface area contributed by atoms with Gasteiger partial charge in [-0.15, -0.1) is 0 Å². The first kappa shape index (κ1) is 19.4. The maximum atomic E-state index is 10.7. The lowest BCUT2D eigenvalue weighted by Crippen LogP contribution is -2.20. The first-order valence-corrected chi connectivity index (χ1v) is 8.82. The molecule has 4 heteroatoms. The zero-order valence-corrected chi connectivity index (χ0v) is 14.5. The normalized spacial score (nSPS) is 11.0. The van der Waals surface area contributed by atoms with Crippen molar-refractivity contribution in [3.8, 4) is 5.75 Å². The number of unbranched alkanes of at least 4 members (excludes halogenated alkanes) is 1. The lowest BCUT2D eigenvalue weighted by molar-refractivity contribution is 0.270. The molecule has 1 aromatic rings. The van der Waals surface area contributed by atoms with E-state index in [1.165, 1.54) is 32.1 Å². The molecule has 1 aromatic carbocycles. The summed E-state index contributed by atoms with van der Waals surface area (Å²) in [7, 11) is -0.116. The highest BCUT2D eigenvalue weighted by molar-refractivity contribution is 7.23. The van der Waals surface area contributed by atoms with Crippen molar-refractivity contribution in [3.05, 3.63) is 29.3 Å². The van der Waals surface area contributed by atoms with Crippen LogP contribution in [0.2, 0.25) is 5.02 Å². The Morgan fingerprint density at radius 3 is 2.05 bits per heavy atom. The molecule has 1 rings (SSSR count). The lowest BCUT2D eigenvalue weighted by atomic mass is 9.80. The molecule has 0 aliphatic carbocycles. The summed E-state index contributed by atoms with van der Waals surface area (Å²) in [5.41, 5.74) is 0.385. The number of phenolic OH excluding ortho intramolecular Hbond substituents is 1. The molecular formula is C16H27ClO2P+. The van der Waals surface area contributed by atoms with Gasteiger partial charge in [0.25, 0.3) is 0 Å². The fourth-order valence-corrected chi connectivity index (χ4v) is 3.20. The minimum Gasteiger partial charge on any atom is -0.508 e. The van der Waals surface area contributed by atoms with Crippen LogP contribution in [0.1, 0.15) is 52.9 Å². The first-order valence-electron chi connectivity index (χ1n) is 7.33. The molecule has 0 amide bonds. The molecule has 114 valence electrons. The van der Waals surface area contributed by atoms with Crippen molar-refractivity contribution in [1.82, 2.24) is 0 Å². The van der Waals surface area contributed by atoms with Gasteiger partial charge in [0.1, 0.15) is 11.9 Å². The summed E-state index contributed by atoms with van der Waals surface area (Å²) in [6, 6.07) is 6.36. The van der Waals surface area contributed by atoms with Gasteiger partial charge >= 0.3 is 8.46 Å². The lowest BCUT2D eigenvalue weighted by Gasteiger charge is -2.26. The average Bonchev–Trinajstić information content (AvgIpc) is 2.47. The van der Waals surface area contributed by atoms with E-state index in [-0.39, 0.29) is 14.2 Å².